The van der Waals surface area contributed by atoms with Crippen LogP contribution in [0.1, 0.15) is 17.4 Å². The first-order chi connectivity index (χ1) is 17.1. The van der Waals surface area contributed by atoms with Crippen molar-refractivity contribution in [2.75, 3.05) is 6.26 Å². The predicted octanol–water partition coefficient (Wildman–Crippen LogP) is 6.24. The van der Waals surface area contributed by atoms with Gasteiger partial charge < -0.3 is 8.98 Å². The molecular weight excluding hydrogens is 496 g/mol. The van der Waals surface area contributed by atoms with E-state index in [1.807, 2.05) is 48.9 Å². The largest absolute Gasteiger partial charge is 0.439 e. The highest BCUT2D eigenvalue weighted by atomic mass is 35.5. The van der Waals surface area contributed by atoms with Crippen molar-refractivity contribution in [3.8, 4) is 39.5 Å². The fraction of sp³-hybridized carbons (Fsp3) is 0.148. The molecule has 0 aliphatic rings. The number of pyridine rings is 1. The van der Waals surface area contributed by atoms with E-state index in [9.17, 15) is 8.42 Å². The summed E-state index contributed by atoms with van der Waals surface area (Å²) in [5, 5.41) is 0.523. The van der Waals surface area contributed by atoms with Gasteiger partial charge in [0.05, 0.1) is 21.3 Å². The molecule has 0 saturated heterocycles. The molecule has 0 atom stereocenters. The summed E-state index contributed by atoms with van der Waals surface area (Å²) in [6.45, 7) is 5.67. The van der Waals surface area contributed by atoms with Crippen molar-refractivity contribution in [2.45, 2.75) is 25.7 Å². The van der Waals surface area contributed by atoms with E-state index < -0.39 is 9.84 Å². The molecule has 5 aromatic rings. The number of halogens is 1. The van der Waals surface area contributed by atoms with Gasteiger partial charge in [0.15, 0.2) is 21.5 Å². The van der Waals surface area contributed by atoms with Gasteiger partial charge in [0.2, 0.25) is 0 Å². The molecule has 0 aliphatic heterocycles. The van der Waals surface area contributed by atoms with Gasteiger partial charge in [-0.15, -0.1) is 0 Å². The van der Waals surface area contributed by atoms with Crippen LogP contribution in [0.3, 0.4) is 0 Å². The Morgan fingerprint density at radius 1 is 0.944 bits per heavy atom. The molecular formula is C27H23ClN4O3S. The van der Waals surface area contributed by atoms with Gasteiger partial charge in [0.1, 0.15) is 17.2 Å². The number of benzene rings is 2. The van der Waals surface area contributed by atoms with Gasteiger partial charge in [-0.05, 0) is 61.4 Å². The Balaban J connectivity index is 1.77. The monoisotopic (exact) mass is 518 g/mol. The van der Waals surface area contributed by atoms with Crippen molar-refractivity contribution in [2.24, 2.45) is 0 Å². The Kier molecular flexibility index (Phi) is 6.02. The van der Waals surface area contributed by atoms with Gasteiger partial charge >= 0.3 is 0 Å². The van der Waals surface area contributed by atoms with E-state index in [0.717, 1.165) is 33.9 Å². The second-order valence-corrected chi connectivity index (χ2v) is 11.1. The van der Waals surface area contributed by atoms with Crippen LogP contribution in [-0.4, -0.2) is 34.2 Å². The fourth-order valence-corrected chi connectivity index (χ4v) is 4.96. The lowest BCUT2D eigenvalue weighted by Gasteiger charge is -2.14. The number of sulfone groups is 1. The fourth-order valence-electron chi connectivity index (χ4n) is 4.18. The second-order valence-electron chi connectivity index (χ2n) is 8.60. The van der Waals surface area contributed by atoms with Gasteiger partial charge in [0.25, 0.3) is 0 Å². The first-order valence-electron chi connectivity index (χ1n) is 11.2. The van der Waals surface area contributed by atoms with E-state index >= 15 is 0 Å². The average Bonchev–Trinajstić information content (AvgIpc) is 3.39. The number of hydrogen-bond acceptors (Lipinski definition) is 6. The highest BCUT2D eigenvalue weighted by Gasteiger charge is 2.22. The summed E-state index contributed by atoms with van der Waals surface area (Å²) in [6.07, 6.45) is 4.73. The third-order valence-corrected chi connectivity index (χ3v) is 7.14. The third kappa shape index (κ3) is 4.57. The molecule has 0 unspecified atom stereocenters. The van der Waals surface area contributed by atoms with Crippen molar-refractivity contribution in [1.29, 1.82) is 0 Å². The zero-order chi connectivity index (χ0) is 25.6. The van der Waals surface area contributed by atoms with E-state index in [0.29, 0.717) is 28.1 Å². The van der Waals surface area contributed by atoms with Crippen molar-refractivity contribution >= 4 is 21.4 Å². The van der Waals surface area contributed by atoms with E-state index in [4.69, 9.17) is 21.0 Å². The van der Waals surface area contributed by atoms with E-state index in [2.05, 4.69) is 9.97 Å². The molecule has 0 spiro atoms. The van der Waals surface area contributed by atoms with Crippen LogP contribution in [0.2, 0.25) is 5.02 Å². The summed E-state index contributed by atoms with van der Waals surface area (Å²) in [5.74, 6) is 1.83. The van der Waals surface area contributed by atoms with Crippen LogP contribution in [-0.2, 0) is 9.84 Å². The Hall–Kier alpha value is -3.75. The highest BCUT2D eigenvalue weighted by molar-refractivity contribution is 7.90. The van der Waals surface area contributed by atoms with Crippen LogP contribution in [0.4, 0.5) is 0 Å². The zero-order valence-electron chi connectivity index (χ0n) is 20.2. The molecule has 9 heteroatoms. The molecule has 36 heavy (non-hydrogen) atoms. The standard InChI is InChI=1S/C27H23ClN4O3S/c1-16-15-32(17(2)30-16)25-11-8-20(19-6-5-7-22(12-19)36(4,33)34)13-23(25)26-27(35-18(3)31-26)24-10-9-21(28)14-29-24/h5-15H,1-4H3. The molecule has 0 bridgehead atoms. The lowest BCUT2D eigenvalue weighted by molar-refractivity contribution is 0.533. The molecule has 0 radical (unpaired) electrons. The van der Waals surface area contributed by atoms with Crippen LogP contribution < -0.4 is 0 Å². The molecule has 0 amide bonds. The summed E-state index contributed by atoms with van der Waals surface area (Å²) in [7, 11) is -3.35. The number of oxazole rings is 1. The lowest BCUT2D eigenvalue weighted by Crippen LogP contribution is -2.00. The zero-order valence-corrected chi connectivity index (χ0v) is 21.7. The van der Waals surface area contributed by atoms with Crippen LogP contribution in [0.25, 0.3) is 39.5 Å². The maximum atomic E-state index is 12.2. The third-order valence-electron chi connectivity index (χ3n) is 5.80. The molecule has 5 rings (SSSR count). The molecule has 7 nitrogen and oxygen atoms in total. The predicted molar refractivity (Wildman–Crippen MR) is 140 cm³/mol. The van der Waals surface area contributed by atoms with Crippen molar-refractivity contribution in [1.82, 2.24) is 19.5 Å². The maximum absolute atomic E-state index is 12.2. The van der Waals surface area contributed by atoms with Crippen LogP contribution in [0, 0.1) is 20.8 Å². The molecule has 0 N–H and O–H groups in total. The summed E-state index contributed by atoms with van der Waals surface area (Å²) in [6, 6.07) is 16.4. The quantitative estimate of drug-likeness (QED) is 0.273. The molecule has 3 heterocycles. The van der Waals surface area contributed by atoms with Crippen LogP contribution >= 0.6 is 11.6 Å². The second kappa shape index (κ2) is 9.04. The number of rotatable bonds is 5. The lowest BCUT2D eigenvalue weighted by atomic mass is 9.98. The summed E-state index contributed by atoms with van der Waals surface area (Å²) in [5.41, 5.74) is 5.37. The number of aryl methyl sites for hydroxylation is 3. The molecule has 0 saturated carbocycles. The van der Waals surface area contributed by atoms with Gasteiger partial charge in [-0.3, -0.25) is 4.98 Å². The Bertz CT molecular complexity index is 1700. The van der Waals surface area contributed by atoms with Crippen LogP contribution in [0.5, 0.6) is 0 Å². The van der Waals surface area contributed by atoms with Crippen molar-refractivity contribution in [3.05, 3.63) is 89.4 Å². The summed E-state index contributed by atoms with van der Waals surface area (Å²) in [4.78, 5) is 14.0. The Morgan fingerprint density at radius 2 is 1.72 bits per heavy atom. The number of imidazole rings is 1. The van der Waals surface area contributed by atoms with E-state index in [1.165, 1.54) is 6.26 Å². The molecule has 0 aliphatic carbocycles. The average molecular weight is 519 g/mol. The summed E-state index contributed by atoms with van der Waals surface area (Å²) >= 11 is 6.06. The maximum Gasteiger partial charge on any atom is 0.192 e. The number of hydrogen-bond donors (Lipinski definition) is 0. The highest BCUT2D eigenvalue weighted by Crippen LogP contribution is 2.38. The molecule has 182 valence electrons. The minimum absolute atomic E-state index is 0.259. The first-order valence-corrected chi connectivity index (χ1v) is 13.4. The summed E-state index contributed by atoms with van der Waals surface area (Å²) < 4.78 is 32.3. The minimum atomic E-state index is -3.35. The Morgan fingerprint density at radius 3 is 2.39 bits per heavy atom. The molecule has 2 aromatic carbocycles. The van der Waals surface area contributed by atoms with Gasteiger partial charge in [-0.2, -0.15) is 0 Å². The van der Waals surface area contributed by atoms with Gasteiger partial charge in [0, 0.05) is 31.1 Å². The normalized spacial score (nSPS) is 11.7. The van der Waals surface area contributed by atoms with Crippen LogP contribution in [0.15, 0.2) is 76.3 Å². The van der Waals surface area contributed by atoms with E-state index in [1.54, 1.807) is 43.5 Å². The minimum Gasteiger partial charge on any atom is -0.439 e. The molecule has 0 fully saturated rings. The topological polar surface area (TPSA) is 90.9 Å². The first kappa shape index (κ1) is 24.0. The van der Waals surface area contributed by atoms with Gasteiger partial charge in [-0.25, -0.2) is 18.4 Å². The molecule has 3 aromatic heterocycles. The SMILES string of the molecule is Cc1cn(-c2ccc(-c3cccc(S(C)(=O)=O)c3)cc2-c2nc(C)oc2-c2ccc(Cl)cn2)c(C)n1. The van der Waals surface area contributed by atoms with Crippen molar-refractivity contribution in [3.63, 3.8) is 0 Å². The van der Waals surface area contributed by atoms with Crippen molar-refractivity contribution < 1.29 is 12.8 Å². The smallest absolute Gasteiger partial charge is 0.192 e. The Labute approximate surface area is 214 Å². The van der Waals surface area contributed by atoms with Gasteiger partial charge in [-0.1, -0.05) is 29.8 Å². The number of nitrogens with zero attached hydrogens (tertiary/aromatic N) is 4. The van der Waals surface area contributed by atoms with E-state index in [-0.39, 0.29) is 4.90 Å². The number of aromatic nitrogens is 4.